The smallest absolute Gasteiger partial charge is 0.0617 e. The summed E-state index contributed by atoms with van der Waals surface area (Å²) in [6.07, 6.45) is 7.10. The van der Waals surface area contributed by atoms with E-state index < -0.39 is 24.7 Å². The molecular weight excluding hydrogens is 272 g/mol. The summed E-state index contributed by atoms with van der Waals surface area (Å²) in [5.74, 6) is 0. The molecule has 2 heteroatoms. The summed E-state index contributed by atoms with van der Waals surface area (Å²) in [6, 6.07) is 0. The Labute approximate surface area is 142 Å². The molecule has 22 heavy (non-hydrogen) atoms. The number of aliphatic hydroxyl groups is 2. The van der Waals surface area contributed by atoms with Crippen LogP contribution in [0.2, 0.25) is 0 Å². The summed E-state index contributed by atoms with van der Waals surface area (Å²) in [5.41, 5.74) is 1.21. The quantitative estimate of drug-likeness (QED) is 0.735. The van der Waals surface area contributed by atoms with Crippen molar-refractivity contribution in [2.45, 2.75) is 53.4 Å². The van der Waals surface area contributed by atoms with Gasteiger partial charge in [0.2, 0.25) is 0 Å². The Hall–Kier alpha value is -1.38. The fraction of sp³-hybridized carbons (Fsp3) is 0.500. The molecule has 0 saturated carbocycles. The molecule has 0 heterocycles. The highest BCUT2D eigenvalue weighted by Crippen LogP contribution is 2.40. The highest BCUT2D eigenvalue weighted by molar-refractivity contribution is 5.37. The summed E-state index contributed by atoms with van der Waals surface area (Å²) >= 11 is 0. The van der Waals surface area contributed by atoms with Crippen LogP contribution in [0.25, 0.3) is 0 Å². The van der Waals surface area contributed by atoms with Crippen LogP contribution >= 0.6 is 0 Å². The van der Waals surface area contributed by atoms with Crippen molar-refractivity contribution in [2.24, 2.45) is 5.41 Å². The first kappa shape index (κ1) is 12.1. The first-order valence-corrected chi connectivity index (χ1v) is 7.48. The molecule has 1 unspecified atom stereocenters. The molecule has 0 aromatic rings. The summed E-state index contributed by atoms with van der Waals surface area (Å²) < 4.78 is 39.7. The maximum absolute atomic E-state index is 10.2. The fourth-order valence-corrected chi connectivity index (χ4v) is 2.37. The van der Waals surface area contributed by atoms with Crippen molar-refractivity contribution >= 4 is 0 Å². The zero-order valence-corrected chi connectivity index (χ0v) is 13.9. The van der Waals surface area contributed by atoms with Gasteiger partial charge in [-0.25, -0.2) is 0 Å². The highest BCUT2D eigenvalue weighted by Gasteiger charge is 2.31. The minimum Gasteiger partial charge on any atom is -0.393 e. The maximum atomic E-state index is 10.2. The van der Waals surface area contributed by atoms with Gasteiger partial charge >= 0.3 is 0 Å². The molecule has 1 aliphatic carbocycles. The van der Waals surface area contributed by atoms with E-state index in [2.05, 4.69) is 0 Å². The number of hydrogen-bond acceptors (Lipinski definition) is 2. The van der Waals surface area contributed by atoms with Crippen molar-refractivity contribution in [3.05, 3.63) is 58.7 Å². The van der Waals surface area contributed by atoms with Gasteiger partial charge in [0.1, 0.15) is 0 Å². The molecule has 2 N–H and O–H groups in total. The van der Waals surface area contributed by atoms with Crippen molar-refractivity contribution in [2.75, 3.05) is 6.61 Å². The van der Waals surface area contributed by atoms with E-state index in [1.54, 1.807) is 18.2 Å². The van der Waals surface area contributed by atoms with E-state index in [4.69, 9.17) is 12.0 Å². The molecule has 0 spiro atoms. The summed E-state index contributed by atoms with van der Waals surface area (Å²) in [5, 5.41) is 19.0. The zero-order chi connectivity index (χ0) is 21.0. The minimum absolute atomic E-state index is 0.0201. The fourth-order valence-electron chi connectivity index (χ4n) is 2.37. The molecule has 1 aliphatic rings. The molecule has 0 bridgehead atoms. The molecule has 2 nitrogen and oxygen atoms in total. The molecule has 0 saturated heterocycles. The Morgan fingerprint density at radius 1 is 1.36 bits per heavy atom. The normalized spacial score (nSPS) is 30.1. The third kappa shape index (κ3) is 5.78. The summed E-state index contributed by atoms with van der Waals surface area (Å²) in [4.78, 5) is 0. The van der Waals surface area contributed by atoms with Crippen molar-refractivity contribution in [1.82, 2.24) is 0 Å². The van der Waals surface area contributed by atoms with E-state index in [0.717, 1.165) is 11.1 Å². The second-order valence-corrected chi connectivity index (χ2v) is 6.27. The van der Waals surface area contributed by atoms with Crippen molar-refractivity contribution in [3.63, 3.8) is 0 Å². The van der Waals surface area contributed by atoms with Gasteiger partial charge in [-0.2, -0.15) is 0 Å². The van der Waals surface area contributed by atoms with E-state index in [-0.39, 0.29) is 18.6 Å². The molecule has 0 amide bonds. The topological polar surface area (TPSA) is 40.5 Å². The predicted molar refractivity (Wildman–Crippen MR) is 94.6 cm³/mol. The van der Waals surface area contributed by atoms with Gasteiger partial charge in [-0.1, -0.05) is 67.0 Å². The number of aliphatic hydroxyl groups excluding tert-OH is 2. The van der Waals surface area contributed by atoms with Gasteiger partial charge in [-0.15, -0.1) is 0 Å². The van der Waals surface area contributed by atoms with Gasteiger partial charge in [0.15, 0.2) is 0 Å². The summed E-state index contributed by atoms with van der Waals surface area (Å²) in [7, 11) is 0. The Morgan fingerprint density at radius 3 is 2.73 bits per heavy atom. The Balaban J connectivity index is 3.33. The number of hydrogen-bond donors (Lipinski definition) is 2. The molecule has 0 aromatic carbocycles. The monoisotopic (exact) mass is 307 g/mol. The lowest BCUT2D eigenvalue weighted by Crippen LogP contribution is -2.28. The summed E-state index contributed by atoms with van der Waals surface area (Å²) in [6.45, 7) is 4.72. The van der Waals surface area contributed by atoms with Crippen molar-refractivity contribution in [1.29, 1.82) is 0 Å². The zero-order valence-electron chi connectivity index (χ0n) is 18.9. The van der Waals surface area contributed by atoms with Gasteiger partial charge in [0, 0.05) is 6.85 Å². The van der Waals surface area contributed by atoms with Crippen molar-refractivity contribution < 1.29 is 17.1 Å². The Morgan fingerprint density at radius 2 is 2.09 bits per heavy atom. The predicted octanol–water partition coefficient (Wildman–Crippen LogP) is 4.48. The van der Waals surface area contributed by atoms with Crippen molar-refractivity contribution in [3.8, 4) is 0 Å². The van der Waals surface area contributed by atoms with E-state index in [1.807, 2.05) is 45.9 Å². The van der Waals surface area contributed by atoms with E-state index in [1.165, 1.54) is 0 Å². The molecule has 0 radical (unpaired) electrons. The van der Waals surface area contributed by atoms with E-state index in [0.29, 0.717) is 5.57 Å². The van der Waals surface area contributed by atoms with Crippen LogP contribution in [0, 0.1) is 5.41 Å². The van der Waals surface area contributed by atoms with Crippen LogP contribution in [0.3, 0.4) is 0 Å². The Bertz CT molecular complexity index is 692. The van der Waals surface area contributed by atoms with Gasteiger partial charge in [0.25, 0.3) is 0 Å². The lowest BCUT2D eigenvalue weighted by Gasteiger charge is -2.35. The van der Waals surface area contributed by atoms with Crippen LogP contribution in [0.4, 0.5) is 0 Å². The Kier molecular flexibility index (Phi) is 4.56. The average Bonchev–Trinajstić information content (AvgIpc) is 2.48. The SMILES string of the molecule is [2H]C([2H])([2H])C1=C(C=CC(C)=CC=CC(C)=CCO)C(C)(C)CC(O)C1([2H])[2H]. The third-order valence-electron chi connectivity index (χ3n) is 3.66. The van der Waals surface area contributed by atoms with Gasteiger partial charge in [-0.05, 0) is 44.5 Å². The van der Waals surface area contributed by atoms with Crippen LogP contribution in [0.5, 0.6) is 0 Å². The maximum Gasteiger partial charge on any atom is 0.0617 e. The van der Waals surface area contributed by atoms with Crippen LogP contribution in [0.1, 0.15) is 54.2 Å². The van der Waals surface area contributed by atoms with Gasteiger partial charge in [0.05, 0.1) is 12.7 Å². The molecule has 122 valence electrons. The van der Waals surface area contributed by atoms with Crippen LogP contribution < -0.4 is 0 Å². The number of allylic oxidation sites excluding steroid dienone is 8. The molecule has 0 fully saturated rings. The molecule has 1 atom stereocenters. The second kappa shape index (κ2) is 8.30. The molecular formula is C20H30O2. The standard InChI is InChI=1S/C20H30O2/c1-15(7-6-8-16(2)11-12-21)9-10-19-17(3)13-18(22)14-20(19,4)5/h6-11,18,21-22H,12-14H2,1-5H3/i3D3,13D2. The van der Waals surface area contributed by atoms with E-state index in [9.17, 15) is 5.11 Å². The molecule has 1 rings (SSSR count). The van der Waals surface area contributed by atoms with Crippen LogP contribution in [-0.2, 0) is 0 Å². The van der Waals surface area contributed by atoms with Gasteiger partial charge in [-0.3, -0.25) is 0 Å². The lowest BCUT2D eigenvalue weighted by atomic mass is 9.71. The molecule has 0 aromatic heterocycles. The first-order chi connectivity index (χ1) is 12.2. The second-order valence-electron chi connectivity index (χ2n) is 6.27. The largest absolute Gasteiger partial charge is 0.393 e. The minimum atomic E-state index is -2.63. The van der Waals surface area contributed by atoms with Gasteiger partial charge < -0.3 is 10.2 Å². The average molecular weight is 307 g/mol. The highest BCUT2D eigenvalue weighted by atomic mass is 16.3. The van der Waals surface area contributed by atoms with E-state index >= 15 is 0 Å². The first-order valence-electron chi connectivity index (χ1n) is 9.98. The lowest BCUT2D eigenvalue weighted by molar-refractivity contribution is 0.116. The van der Waals surface area contributed by atoms with Crippen LogP contribution in [0.15, 0.2) is 58.7 Å². The molecule has 0 aliphatic heterocycles. The van der Waals surface area contributed by atoms with Crippen LogP contribution in [-0.4, -0.2) is 22.9 Å². The number of rotatable bonds is 5. The third-order valence-corrected chi connectivity index (χ3v) is 3.66.